The fourth-order valence-corrected chi connectivity index (χ4v) is 1.93. The van der Waals surface area contributed by atoms with E-state index in [0.717, 1.165) is 5.56 Å². The highest BCUT2D eigenvalue weighted by Gasteiger charge is 2.09. The van der Waals surface area contributed by atoms with E-state index in [0.29, 0.717) is 24.4 Å². The molecule has 4 nitrogen and oxygen atoms in total. The number of hydrogen-bond donors (Lipinski definition) is 2. The average molecular weight is 284 g/mol. The molecule has 2 N–H and O–H groups in total. The van der Waals surface area contributed by atoms with Crippen LogP contribution in [0.25, 0.3) is 0 Å². The number of hydrogen-bond acceptors (Lipinski definition) is 2. The van der Waals surface area contributed by atoms with Gasteiger partial charge in [-0.3, -0.25) is 9.59 Å². The van der Waals surface area contributed by atoms with Gasteiger partial charge in [0.2, 0.25) is 5.91 Å². The maximum Gasteiger partial charge on any atom is 0.303 e. The van der Waals surface area contributed by atoms with Crippen LogP contribution in [0.1, 0.15) is 25.3 Å². The fraction of sp³-hybridized carbons (Fsp3) is 0.429. The molecular weight excluding hydrogens is 266 g/mol. The Balaban J connectivity index is 2.29. The molecule has 0 aliphatic rings. The van der Waals surface area contributed by atoms with Crippen LogP contribution >= 0.6 is 11.6 Å². The maximum atomic E-state index is 11.6. The summed E-state index contributed by atoms with van der Waals surface area (Å²) in [6.07, 6.45) is 0.993. The van der Waals surface area contributed by atoms with E-state index in [4.69, 9.17) is 16.7 Å². The van der Waals surface area contributed by atoms with Crippen molar-refractivity contribution in [3.63, 3.8) is 0 Å². The molecule has 1 atom stereocenters. The molecule has 19 heavy (non-hydrogen) atoms. The van der Waals surface area contributed by atoms with Gasteiger partial charge in [0.15, 0.2) is 0 Å². The number of amides is 1. The predicted octanol–water partition coefficient (Wildman–Crippen LogP) is 2.50. The zero-order valence-corrected chi connectivity index (χ0v) is 11.6. The van der Waals surface area contributed by atoms with Crippen LogP contribution in [0.4, 0.5) is 0 Å². The number of rotatable bonds is 7. The smallest absolute Gasteiger partial charge is 0.303 e. The van der Waals surface area contributed by atoms with E-state index in [1.807, 2.05) is 18.2 Å². The lowest BCUT2D eigenvalue weighted by Gasteiger charge is -2.10. The van der Waals surface area contributed by atoms with Crippen LogP contribution in [0.5, 0.6) is 0 Å². The summed E-state index contributed by atoms with van der Waals surface area (Å²) in [6, 6.07) is 7.42. The maximum absolute atomic E-state index is 11.6. The Morgan fingerprint density at radius 1 is 1.37 bits per heavy atom. The van der Waals surface area contributed by atoms with Crippen LogP contribution in [0.15, 0.2) is 24.3 Å². The highest BCUT2D eigenvalue weighted by molar-refractivity contribution is 6.31. The van der Waals surface area contributed by atoms with Gasteiger partial charge < -0.3 is 10.4 Å². The summed E-state index contributed by atoms with van der Waals surface area (Å²) in [5, 5.41) is 12.0. The molecule has 5 heteroatoms. The van der Waals surface area contributed by atoms with Crippen molar-refractivity contribution >= 4 is 23.5 Å². The van der Waals surface area contributed by atoms with Crippen molar-refractivity contribution in [2.75, 3.05) is 6.54 Å². The van der Waals surface area contributed by atoms with Crippen molar-refractivity contribution in [1.82, 2.24) is 5.32 Å². The topological polar surface area (TPSA) is 66.4 Å². The first-order chi connectivity index (χ1) is 8.99. The Morgan fingerprint density at radius 3 is 2.68 bits per heavy atom. The molecule has 1 rings (SSSR count). The minimum atomic E-state index is -0.849. The number of carboxylic acids is 1. The van der Waals surface area contributed by atoms with Crippen LogP contribution < -0.4 is 5.32 Å². The molecule has 0 aliphatic carbocycles. The minimum absolute atomic E-state index is 0.0603. The summed E-state index contributed by atoms with van der Waals surface area (Å²) >= 11 is 6.00. The Hall–Kier alpha value is -1.55. The van der Waals surface area contributed by atoms with E-state index < -0.39 is 5.97 Å². The van der Waals surface area contributed by atoms with Gasteiger partial charge in [-0.25, -0.2) is 0 Å². The molecule has 0 aliphatic heterocycles. The van der Waals surface area contributed by atoms with Gasteiger partial charge in [-0.15, -0.1) is 0 Å². The number of nitrogens with one attached hydrogen (secondary N) is 1. The second-order valence-corrected chi connectivity index (χ2v) is 5.01. The number of carbonyl (C=O) groups is 2. The molecule has 0 fully saturated rings. The van der Waals surface area contributed by atoms with Gasteiger partial charge in [0, 0.05) is 24.4 Å². The lowest BCUT2D eigenvalue weighted by atomic mass is 10.1. The van der Waals surface area contributed by atoms with E-state index in [1.165, 1.54) is 0 Å². The Morgan fingerprint density at radius 2 is 2.05 bits per heavy atom. The molecule has 1 amide bonds. The number of halogens is 1. The third kappa shape index (κ3) is 6.25. The number of benzene rings is 1. The molecule has 0 aromatic heterocycles. The Kier molecular flexibility index (Phi) is 6.36. The van der Waals surface area contributed by atoms with Crippen molar-refractivity contribution < 1.29 is 14.7 Å². The van der Waals surface area contributed by atoms with Crippen molar-refractivity contribution in [2.24, 2.45) is 5.92 Å². The van der Waals surface area contributed by atoms with Crippen molar-refractivity contribution in [1.29, 1.82) is 0 Å². The van der Waals surface area contributed by atoms with E-state index in [2.05, 4.69) is 5.32 Å². The predicted molar refractivity (Wildman–Crippen MR) is 74.2 cm³/mol. The van der Waals surface area contributed by atoms with Crippen LogP contribution in [0.3, 0.4) is 0 Å². The zero-order chi connectivity index (χ0) is 14.3. The number of carbonyl (C=O) groups excluding carboxylic acids is 1. The summed E-state index contributed by atoms with van der Waals surface area (Å²) in [6.45, 7) is 2.18. The second-order valence-electron chi connectivity index (χ2n) is 4.60. The summed E-state index contributed by atoms with van der Waals surface area (Å²) in [4.78, 5) is 22.1. The summed E-state index contributed by atoms with van der Waals surface area (Å²) in [5.74, 6) is -1.00. The molecule has 0 spiro atoms. The van der Waals surface area contributed by atoms with E-state index in [9.17, 15) is 9.59 Å². The van der Waals surface area contributed by atoms with Crippen molar-refractivity contribution in [2.45, 2.75) is 26.2 Å². The van der Waals surface area contributed by atoms with Crippen molar-refractivity contribution in [3.05, 3.63) is 34.9 Å². The quantitative estimate of drug-likeness (QED) is 0.808. The second kappa shape index (κ2) is 7.79. The minimum Gasteiger partial charge on any atom is -0.481 e. The molecule has 104 valence electrons. The van der Waals surface area contributed by atoms with Gasteiger partial charge in [-0.05, 0) is 24.0 Å². The van der Waals surface area contributed by atoms with Gasteiger partial charge in [-0.1, -0.05) is 36.7 Å². The zero-order valence-electron chi connectivity index (χ0n) is 10.9. The van der Waals surface area contributed by atoms with Gasteiger partial charge in [0.05, 0.1) is 0 Å². The van der Waals surface area contributed by atoms with E-state index >= 15 is 0 Å². The van der Waals surface area contributed by atoms with Gasteiger partial charge in [0.1, 0.15) is 0 Å². The van der Waals surface area contributed by atoms with Crippen LogP contribution in [-0.2, 0) is 16.0 Å². The molecule has 0 bridgehead atoms. The van der Waals surface area contributed by atoms with Gasteiger partial charge in [0.25, 0.3) is 0 Å². The number of aryl methyl sites for hydroxylation is 1. The van der Waals surface area contributed by atoms with Crippen molar-refractivity contribution in [3.8, 4) is 0 Å². The molecule has 0 radical (unpaired) electrons. The Labute approximate surface area is 117 Å². The molecule has 0 saturated carbocycles. The summed E-state index contributed by atoms with van der Waals surface area (Å²) in [7, 11) is 0. The number of aliphatic carboxylic acids is 1. The first-order valence-electron chi connectivity index (χ1n) is 6.21. The molecule has 1 aromatic carbocycles. The van der Waals surface area contributed by atoms with Gasteiger partial charge >= 0.3 is 5.97 Å². The summed E-state index contributed by atoms with van der Waals surface area (Å²) < 4.78 is 0. The lowest BCUT2D eigenvalue weighted by molar-refractivity contribution is -0.138. The first kappa shape index (κ1) is 15.5. The molecular formula is C14H18ClNO3. The third-order valence-electron chi connectivity index (χ3n) is 2.75. The van der Waals surface area contributed by atoms with Crippen LogP contribution in [0, 0.1) is 5.92 Å². The van der Waals surface area contributed by atoms with E-state index in [-0.39, 0.29) is 18.2 Å². The molecule has 1 aromatic rings. The van der Waals surface area contributed by atoms with Gasteiger partial charge in [-0.2, -0.15) is 0 Å². The normalized spacial score (nSPS) is 11.9. The highest BCUT2D eigenvalue weighted by Crippen LogP contribution is 2.16. The highest BCUT2D eigenvalue weighted by atomic mass is 35.5. The molecule has 1 unspecified atom stereocenters. The molecule has 0 heterocycles. The number of carboxylic acid groups (broad SMARTS) is 1. The average Bonchev–Trinajstić information content (AvgIpc) is 2.34. The SMILES string of the molecule is CC(CNC(=O)CCc1ccccc1Cl)CC(=O)O. The lowest BCUT2D eigenvalue weighted by Crippen LogP contribution is -2.29. The monoisotopic (exact) mass is 283 g/mol. The first-order valence-corrected chi connectivity index (χ1v) is 6.58. The van der Waals surface area contributed by atoms with E-state index in [1.54, 1.807) is 13.0 Å². The standard InChI is InChI=1S/C14H18ClNO3/c1-10(8-14(18)19)9-16-13(17)7-6-11-4-2-3-5-12(11)15/h2-5,10H,6-9H2,1H3,(H,16,17)(H,18,19). The Bertz CT molecular complexity index is 448. The third-order valence-corrected chi connectivity index (χ3v) is 3.12. The molecule has 0 saturated heterocycles. The van der Waals surface area contributed by atoms with Crippen LogP contribution in [-0.4, -0.2) is 23.5 Å². The summed E-state index contributed by atoms with van der Waals surface area (Å²) in [5.41, 5.74) is 0.943. The van der Waals surface area contributed by atoms with Crippen LogP contribution in [0.2, 0.25) is 5.02 Å². The largest absolute Gasteiger partial charge is 0.481 e. The fourth-order valence-electron chi connectivity index (χ4n) is 1.70.